The van der Waals surface area contributed by atoms with E-state index < -0.39 is 51.7 Å². The lowest BCUT2D eigenvalue weighted by molar-refractivity contribution is -0.257. The number of sulfonamides is 1. The first-order valence-electron chi connectivity index (χ1n) is 12.1. The van der Waals surface area contributed by atoms with Crippen molar-refractivity contribution in [1.82, 2.24) is 9.78 Å². The van der Waals surface area contributed by atoms with Gasteiger partial charge in [0, 0.05) is 19.2 Å². The summed E-state index contributed by atoms with van der Waals surface area (Å²) in [5.74, 6) is -2.05. The minimum atomic E-state index is -4.79. The first kappa shape index (κ1) is 29.0. The third-order valence-electron chi connectivity index (χ3n) is 6.86. The number of carbonyl (C=O) groups excluding carboxylic acids is 1. The minimum absolute atomic E-state index is 0.0205. The Morgan fingerprint density at radius 3 is 2.49 bits per heavy atom. The predicted octanol–water partition coefficient (Wildman–Crippen LogP) is 4.19. The van der Waals surface area contributed by atoms with Gasteiger partial charge in [0.2, 0.25) is 5.60 Å². The molecule has 1 aromatic carbocycles. The summed E-state index contributed by atoms with van der Waals surface area (Å²) in [6, 6.07) is 4.10. The monoisotopic (exact) mass is 593 g/mol. The molecule has 1 N–H and O–H groups in total. The van der Waals surface area contributed by atoms with Crippen LogP contribution >= 0.6 is 11.6 Å². The molecule has 0 radical (unpaired) electrons. The number of halogens is 4. The van der Waals surface area contributed by atoms with E-state index in [1.165, 1.54) is 29.1 Å². The number of aromatic nitrogens is 2. The molecular weight excluding hydrogens is 567 g/mol. The van der Waals surface area contributed by atoms with Crippen LogP contribution in [0.2, 0.25) is 5.15 Å². The Bertz CT molecular complexity index is 1400. The van der Waals surface area contributed by atoms with Crippen LogP contribution in [0.1, 0.15) is 45.6 Å². The quantitative estimate of drug-likeness (QED) is 0.429. The minimum Gasteiger partial charge on any atom is -0.486 e. The number of benzene rings is 1. The molecule has 2 heterocycles. The summed E-state index contributed by atoms with van der Waals surface area (Å²) >= 11 is 6.15. The highest BCUT2D eigenvalue weighted by Crippen LogP contribution is 2.51. The number of rotatable bonds is 9. The summed E-state index contributed by atoms with van der Waals surface area (Å²) in [7, 11) is -4.35. The molecule has 1 fully saturated rings. The molecule has 0 bridgehead atoms. The Morgan fingerprint density at radius 1 is 1.28 bits per heavy atom. The number of hydrogen-bond donors (Lipinski definition) is 1. The van der Waals surface area contributed by atoms with Crippen LogP contribution in [0.25, 0.3) is 0 Å². The molecule has 1 saturated carbocycles. The van der Waals surface area contributed by atoms with E-state index in [1.807, 2.05) is 0 Å². The lowest BCUT2D eigenvalue weighted by atomic mass is 9.97. The van der Waals surface area contributed by atoms with Crippen molar-refractivity contribution in [2.45, 2.75) is 75.8 Å². The fraction of sp³-hybridized carbons (Fsp3) is 0.542. The molecule has 214 valence electrons. The third kappa shape index (κ3) is 5.67. The lowest BCUT2D eigenvalue weighted by Crippen LogP contribution is -2.45. The Morgan fingerprint density at radius 2 is 1.95 bits per heavy atom. The fourth-order valence-corrected chi connectivity index (χ4v) is 6.22. The molecule has 15 heteroatoms. The summed E-state index contributed by atoms with van der Waals surface area (Å²) in [4.78, 5) is 23.8. The zero-order valence-electron chi connectivity index (χ0n) is 21.3. The normalized spacial score (nSPS) is 18.7. The zero-order chi connectivity index (χ0) is 29.0. The van der Waals surface area contributed by atoms with Gasteiger partial charge >= 0.3 is 18.1 Å². The molecule has 1 aliphatic carbocycles. The molecule has 0 saturated heterocycles. The van der Waals surface area contributed by atoms with Gasteiger partial charge in [-0.2, -0.15) is 18.3 Å². The molecule has 1 aromatic heterocycles. The average molecular weight is 594 g/mol. The van der Waals surface area contributed by atoms with E-state index in [-0.39, 0.29) is 40.0 Å². The highest BCUT2D eigenvalue weighted by Gasteiger charge is 2.53. The summed E-state index contributed by atoms with van der Waals surface area (Å²) in [5, 5.41) is 13.3. The molecule has 2 aromatic rings. The van der Waals surface area contributed by atoms with Crippen molar-refractivity contribution in [3.05, 3.63) is 35.1 Å². The maximum atomic E-state index is 13.8. The SMILES string of the molecule is CCn1cc(S(=O)(=O)N2C[C@@H](CC3(C(=O)O)CC3)Oc3ccc(CC(=O)OC(C)(C)C(F)(F)F)cc32)c(Cl)n1. The molecule has 0 amide bonds. The zero-order valence-corrected chi connectivity index (χ0v) is 22.9. The van der Waals surface area contributed by atoms with Crippen molar-refractivity contribution < 1.29 is 45.8 Å². The van der Waals surface area contributed by atoms with E-state index in [0.717, 1.165) is 18.2 Å². The highest BCUT2D eigenvalue weighted by molar-refractivity contribution is 7.93. The number of ether oxygens (including phenoxy) is 2. The molecule has 1 aliphatic heterocycles. The number of anilines is 1. The van der Waals surface area contributed by atoms with Crippen LogP contribution in [-0.2, 0) is 37.3 Å². The number of nitrogens with zero attached hydrogens (tertiary/aromatic N) is 3. The van der Waals surface area contributed by atoms with Crippen LogP contribution < -0.4 is 9.04 Å². The van der Waals surface area contributed by atoms with Crippen molar-refractivity contribution in [3.8, 4) is 5.75 Å². The number of carboxylic acids is 1. The second kappa shape index (κ2) is 9.88. The first-order valence-corrected chi connectivity index (χ1v) is 13.9. The largest absolute Gasteiger partial charge is 0.486 e. The fourth-order valence-electron chi connectivity index (χ4n) is 4.27. The van der Waals surface area contributed by atoms with Crippen molar-refractivity contribution >= 4 is 39.3 Å². The Balaban J connectivity index is 1.69. The van der Waals surface area contributed by atoms with Gasteiger partial charge in [-0.15, -0.1) is 0 Å². The number of hydrogen-bond acceptors (Lipinski definition) is 7. The summed E-state index contributed by atoms with van der Waals surface area (Å²) in [6.07, 6.45) is -3.96. The predicted molar refractivity (Wildman–Crippen MR) is 132 cm³/mol. The average Bonchev–Trinajstić information content (AvgIpc) is 3.50. The van der Waals surface area contributed by atoms with Crippen molar-refractivity contribution in [2.24, 2.45) is 5.41 Å². The van der Waals surface area contributed by atoms with E-state index in [9.17, 15) is 36.3 Å². The number of aliphatic carboxylic acids is 1. The van der Waals surface area contributed by atoms with Crippen LogP contribution in [0.3, 0.4) is 0 Å². The number of aryl methyl sites for hydroxylation is 1. The summed E-state index contributed by atoms with van der Waals surface area (Å²) < 4.78 is 80.0. The van der Waals surface area contributed by atoms with E-state index >= 15 is 0 Å². The standard InChI is InChI=1S/C24H27ClF3N3O7S/c1-4-30-13-18(20(25)29-30)39(35,36)31-12-15(11-23(7-8-23)21(33)34)37-17-6-5-14(9-16(17)31)10-19(32)38-22(2,3)24(26,27)28/h5-6,9,13,15H,4,7-8,10-12H2,1-3H3,(H,33,34)/t15-/m1/s1. The van der Waals surface area contributed by atoms with Gasteiger partial charge in [-0.3, -0.25) is 18.6 Å². The molecule has 39 heavy (non-hydrogen) atoms. The second-order valence-electron chi connectivity index (χ2n) is 10.2. The molecule has 4 rings (SSSR count). The maximum absolute atomic E-state index is 13.8. The molecule has 10 nitrogen and oxygen atoms in total. The number of alkyl halides is 3. The molecular formula is C24H27ClF3N3O7S. The van der Waals surface area contributed by atoms with E-state index in [1.54, 1.807) is 6.92 Å². The summed E-state index contributed by atoms with van der Waals surface area (Å²) in [6.45, 7) is 3.28. The van der Waals surface area contributed by atoms with Gasteiger partial charge in [-0.05, 0) is 51.3 Å². The van der Waals surface area contributed by atoms with Gasteiger partial charge in [0.05, 0.1) is 24.1 Å². The van der Waals surface area contributed by atoms with Gasteiger partial charge < -0.3 is 14.6 Å². The number of esters is 1. The number of fused-ring (bicyclic) bond motifs is 1. The van der Waals surface area contributed by atoms with E-state index in [4.69, 9.17) is 16.3 Å². The first-order chi connectivity index (χ1) is 18.0. The number of carbonyl (C=O) groups is 2. The third-order valence-corrected chi connectivity index (χ3v) is 9.03. The van der Waals surface area contributed by atoms with Gasteiger partial charge in [-0.1, -0.05) is 17.7 Å². The summed E-state index contributed by atoms with van der Waals surface area (Å²) in [5.41, 5.74) is -3.52. The molecule has 2 aliphatic rings. The molecule has 0 spiro atoms. The Hall–Kier alpha value is -3.00. The van der Waals surface area contributed by atoms with Gasteiger partial charge in [-0.25, -0.2) is 8.42 Å². The molecule has 1 atom stereocenters. The molecule has 0 unspecified atom stereocenters. The van der Waals surface area contributed by atoms with Crippen molar-refractivity contribution in [3.63, 3.8) is 0 Å². The van der Waals surface area contributed by atoms with Crippen molar-refractivity contribution in [2.75, 3.05) is 10.8 Å². The van der Waals surface area contributed by atoms with E-state index in [2.05, 4.69) is 9.84 Å². The van der Waals surface area contributed by atoms with Crippen LogP contribution in [-0.4, -0.2) is 59.7 Å². The maximum Gasteiger partial charge on any atom is 0.427 e. The van der Waals surface area contributed by atoms with Crippen LogP contribution in [0.5, 0.6) is 5.75 Å². The van der Waals surface area contributed by atoms with Crippen LogP contribution in [0.4, 0.5) is 18.9 Å². The van der Waals surface area contributed by atoms with Gasteiger partial charge in [0.15, 0.2) is 5.15 Å². The van der Waals surface area contributed by atoms with Gasteiger partial charge in [0.25, 0.3) is 10.0 Å². The number of carboxylic acid groups (broad SMARTS) is 1. The Labute approximate surface area is 227 Å². The lowest BCUT2D eigenvalue weighted by Gasteiger charge is -2.36. The van der Waals surface area contributed by atoms with Crippen LogP contribution in [0.15, 0.2) is 29.3 Å². The Kier molecular flexibility index (Phi) is 7.34. The topological polar surface area (TPSA) is 128 Å². The van der Waals surface area contributed by atoms with E-state index in [0.29, 0.717) is 19.4 Å². The smallest absolute Gasteiger partial charge is 0.427 e. The van der Waals surface area contributed by atoms with Crippen molar-refractivity contribution in [1.29, 1.82) is 0 Å². The second-order valence-corrected chi connectivity index (χ2v) is 12.4. The van der Waals surface area contributed by atoms with Gasteiger partial charge in [0.1, 0.15) is 16.7 Å². The van der Waals surface area contributed by atoms with Crippen LogP contribution in [0, 0.1) is 5.41 Å². The highest BCUT2D eigenvalue weighted by atomic mass is 35.5.